The molecule has 0 radical (unpaired) electrons. The van der Waals surface area contributed by atoms with Crippen LogP contribution in [0.4, 0.5) is 9.18 Å². The van der Waals surface area contributed by atoms with E-state index < -0.39 is 31.6 Å². The molecule has 9 nitrogen and oxygen atoms in total. The van der Waals surface area contributed by atoms with Gasteiger partial charge < -0.3 is 14.4 Å². The van der Waals surface area contributed by atoms with E-state index in [1.807, 2.05) is 27.7 Å². The molecule has 190 valence electrons. The van der Waals surface area contributed by atoms with E-state index in [9.17, 15) is 9.18 Å². The Morgan fingerprint density at radius 1 is 1.26 bits per heavy atom. The molecule has 35 heavy (non-hydrogen) atoms. The summed E-state index contributed by atoms with van der Waals surface area (Å²) in [6.07, 6.45) is 3.16. The van der Waals surface area contributed by atoms with Gasteiger partial charge in [0.25, 0.3) is 5.88 Å². The van der Waals surface area contributed by atoms with Crippen molar-refractivity contribution in [3.05, 3.63) is 36.2 Å². The highest BCUT2D eigenvalue weighted by atomic mass is 28.3. The average molecular weight is 503 g/mol. The van der Waals surface area contributed by atoms with Crippen molar-refractivity contribution in [1.82, 2.24) is 29.5 Å². The number of pyridine rings is 1. The van der Waals surface area contributed by atoms with E-state index >= 15 is 0 Å². The summed E-state index contributed by atoms with van der Waals surface area (Å²) in [4.78, 5) is 27.2. The summed E-state index contributed by atoms with van der Waals surface area (Å²) >= 11 is 0. The van der Waals surface area contributed by atoms with Crippen LogP contribution in [-0.2, 0) is 4.74 Å². The highest BCUT2D eigenvalue weighted by molar-refractivity contribution is 6.76. The van der Waals surface area contributed by atoms with Crippen LogP contribution in [-0.4, -0.2) is 62.3 Å². The molecule has 0 fully saturated rings. The van der Waals surface area contributed by atoms with Gasteiger partial charge in [-0.05, 0) is 46.7 Å². The topological polar surface area (TPSA) is 94.7 Å². The van der Waals surface area contributed by atoms with Crippen LogP contribution in [0.15, 0.2) is 24.7 Å². The minimum Gasteiger partial charge on any atom is -0.475 e. The number of rotatable bonds is 8. The Bertz CT molecular complexity index is 1190. The van der Waals surface area contributed by atoms with Crippen molar-refractivity contribution in [3.8, 4) is 17.3 Å². The standard InChI is InChI=1S/C24H35FN6O3Si/c1-9-30(24(3,4)5)23(32)34-16(2)19-14-17(18(25)15-27-19)20-28-22(33-12-13-35(6,7)8)21-26-10-11-31(21)29-20/h10-11,14-16H,9,12-13H2,1-8H3/t16-/m1/s1. The fourth-order valence-electron chi connectivity index (χ4n) is 3.47. The van der Waals surface area contributed by atoms with E-state index in [0.717, 1.165) is 12.2 Å². The highest BCUT2D eigenvalue weighted by Gasteiger charge is 2.28. The third kappa shape index (κ3) is 6.53. The summed E-state index contributed by atoms with van der Waals surface area (Å²) in [5.74, 6) is -0.174. The molecule has 3 aromatic rings. The summed E-state index contributed by atoms with van der Waals surface area (Å²) in [5, 5.41) is 4.41. The third-order valence-corrected chi connectivity index (χ3v) is 7.18. The molecule has 0 saturated carbocycles. The van der Waals surface area contributed by atoms with Gasteiger partial charge in [-0.1, -0.05) is 19.6 Å². The molecule has 1 atom stereocenters. The number of halogens is 1. The lowest BCUT2D eigenvalue weighted by atomic mass is 10.1. The maximum absolute atomic E-state index is 14.9. The lowest BCUT2D eigenvalue weighted by Gasteiger charge is -2.34. The molecular weight excluding hydrogens is 467 g/mol. The third-order valence-electron chi connectivity index (χ3n) is 5.47. The van der Waals surface area contributed by atoms with E-state index in [1.165, 1.54) is 10.6 Å². The second-order valence-corrected chi connectivity index (χ2v) is 16.2. The van der Waals surface area contributed by atoms with Gasteiger partial charge in [-0.2, -0.15) is 4.98 Å². The minimum atomic E-state index is -1.31. The quantitative estimate of drug-likeness (QED) is 0.383. The molecule has 0 unspecified atom stereocenters. The Balaban J connectivity index is 1.90. The van der Waals surface area contributed by atoms with E-state index in [0.29, 0.717) is 30.4 Å². The van der Waals surface area contributed by atoms with Crippen LogP contribution in [0.3, 0.4) is 0 Å². The molecule has 0 bridgehead atoms. The van der Waals surface area contributed by atoms with Crippen LogP contribution >= 0.6 is 0 Å². The molecule has 3 heterocycles. The maximum Gasteiger partial charge on any atom is 0.410 e. The number of carbonyl (C=O) groups is 1. The van der Waals surface area contributed by atoms with Gasteiger partial charge in [0.15, 0.2) is 11.6 Å². The van der Waals surface area contributed by atoms with E-state index in [-0.39, 0.29) is 11.4 Å². The molecule has 0 aliphatic rings. The van der Waals surface area contributed by atoms with Crippen LogP contribution in [0.25, 0.3) is 17.0 Å². The number of carbonyl (C=O) groups excluding carboxylic acids is 1. The fraction of sp³-hybridized carbons (Fsp3) is 0.542. The lowest BCUT2D eigenvalue weighted by molar-refractivity contribution is 0.0433. The first-order valence-electron chi connectivity index (χ1n) is 11.8. The van der Waals surface area contributed by atoms with Crippen molar-refractivity contribution in [2.24, 2.45) is 0 Å². The zero-order valence-electron chi connectivity index (χ0n) is 21.8. The van der Waals surface area contributed by atoms with Gasteiger partial charge >= 0.3 is 6.09 Å². The predicted molar refractivity (Wildman–Crippen MR) is 135 cm³/mol. The molecule has 0 saturated heterocycles. The van der Waals surface area contributed by atoms with E-state index in [4.69, 9.17) is 9.47 Å². The molecular formula is C24H35FN6O3Si. The van der Waals surface area contributed by atoms with Crippen molar-refractivity contribution >= 4 is 19.8 Å². The molecule has 11 heteroatoms. The molecule has 0 aliphatic heterocycles. The first-order valence-corrected chi connectivity index (χ1v) is 15.5. The largest absolute Gasteiger partial charge is 0.475 e. The van der Waals surface area contributed by atoms with E-state index in [1.54, 1.807) is 24.2 Å². The zero-order chi connectivity index (χ0) is 26.0. The van der Waals surface area contributed by atoms with Gasteiger partial charge in [0.2, 0.25) is 5.65 Å². The van der Waals surface area contributed by atoms with Crippen LogP contribution < -0.4 is 4.74 Å². The zero-order valence-corrected chi connectivity index (χ0v) is 22.8. The molecule has 3 aromatic heterocycles. The van der Waals surface area contributed by atoms with Crippen LogP contribution in [0.1, 0.15) is 46.4 Å². The van der Waals surface area contributed by atoms with Crippen LogP contribution in [0.5, 0.6) is 5.88 Å². The van der Waals surface area contributed by atoms with Crippen molar-refractivity contribution in [2.45, 2.75) is 71.9 Å². The minimum absolute atomic E-state index is 0.128. The fourth-order valence-corrected chi connectivity index (χ4v) is 4.18. The van der Waals surface area contributed by atoms with Gasteiger partial charge in [-0.3, -0.25) is 4.98 Å². The second kappa shape index (κ2) is 10.3. The van der Waals surface area contributed by atoms with Crippen LogP contribution in [0.2, 0.25) is 25.7 Å². The molecule has 1 amide bonds. The summed E-state index contributed by atoms with van der Waals surface area (Å²) < 4.78 is 28.0. The first-order chi connectivity index (χ1) is 16.3. The number of ether oxygens (including phenoxy) is 2. The Morgan fingerprint density at radius 3 is 2.60 bits per heavy atom. The smallest absolute Gasteiger partial charge is 0.410 e. The van der Waals surface area contributed by atoms with Crippen LogP contribution in [0, 0.1) is 5.82 Å². The maximum atomic E-state index is 14.9. The van der Waals surface area contributed by atoms with Crippen molar-refractivity contribution in [2.75, 3.05) is 13.2 Å². The molecule has 0 aromatic carbocycles. The van der Waals surface area contributed by atoms with Gasteiger partial charge in [0, 0.05) is 32.6 Å². The Hall–Kier alpha value is -3.08. The first kappa shape index (κ1) is 26.5. The SMILES string of the molecule is CCN(C(=O)O[C@H](C)c1cc(-c2nc(OCC[Si](C)(C)C)c3nccn3n2)c(F)cn1)C(C)(C)C. The van der Waals surface area contributed by atoms with E-state index in [2.05, 4.69) is 39.7 Å². The van der Waals surface area contributed by atoms with Crippen molar-refractivity contribution in [1.29, 1.82) is 0 Å². The molecule has 0 spiro atoms. The molecule has 0 N–H and O–H groups in total. The van der Waals surface area contributed by atoms with Gasteiger partial charge in [-0.15, -0.1) is 5.10 Å². The average Bonchev–Trinajstić information content (AvgIpc) is 3.21. The summed E-state index contributed by atoms with van der Waals surface area (Å²) in [5.41, 5.74) is 0.581. The monoisotopic (exact) mass is 502 g/mol. The van der Waals surface area contributed by atoms with Gasteiger partial charge in [0.05, 0.1) is 24.1 Å². The summed E-state index contributed by atoms with van der Waals surface area (Å²) in [6.45, 7) is 17.2. The number of fused-ring (bicyclic) bond motifs is 1. The number of amides is 1. The second-order valence-electron chi connectivity index (χ2n) is 10.6. The number of hydrogen-bond donors (Lipinski definition) is 0. The number of imidazole rings is 1. The number of nitrogens with zero attached hydrogens (tertiary/aromatic N) is 6. The summed E-state index contributed by atoms with van der Waals surface area (Å²) in [7, 11) is -1.31. The lowest BCUT2D eigenvalue weighted by Crippen LogP contribution is -2.45. The Labute approximate surface area is 206 Å². The van der Waals surface area contributed by atoms with Gasteiger partial charge in [0.1, 0.15) is 6.10 Å². The Morgan fingerprint density at radius 2 is 1.97 bits per heavy atom. The molecule has 0 aliphatic carbocycles. The highest BCUT2D eigenvalue weighted by Crippen LogP contribution is 2.27. The van der Waals surface area contributed by atoms with Crippen molar-refractivity contribution in [3.63, 3.8) is 0 Å². The van der Waals surface area contributed by atoms with Crippen molar-refractivity contribution < 1.29 is 18.7 Å². The summed E-state index contributed by atoms with van der Waals surface area (Å²) in [6, 6.07) is 2.45. The normalized spacial score (nSPS) is 13.1. The number of hydrogen-bond acceptors (Lipinski definition) is 7. The Kier molecular flexibility index (Phi) is 7.78. The number of aromatic nitrogens is 5. The predicted octanol–water partition coefficient (Wildman–Crippen LogP) is 5.36. The molecule has 3 rings (SSSR count). The van der Waals surface area contributed by atoms with Gasteiger partial charge in [-0.25, -0.2) is 18.7 Å².